The molecule has 3 heteroatoms. The van der Waals surface area contributed by atoms with Gasteiger partial charge < -0.3 is 5.73 Å². The Morgan fingerprint density at radius 2 is 2.00 bits per heavy atom. The van der Waals surface area contributed by atoms with E-state index >= 15 is 0 Å². The number of thiazole rings is 1. The molecular formula is C13H16N2S. The van der Waals surface area contributed by atoms with Crippen LogP contribution < -0.4 is 5.73 Å². The summed E-state index contributed by atoms with van der Waals surface area (Å²) in [4.78, 5) is 4.28. The van der Waals surface area contributed by atoms with Gasteiger partial charge in [0, 0.05) is 23.5 Å². The van der Waals surface area contributed by atoms with Crippen molar-refractivity contribution in [2.24, 2.45) is 5.73 Å². The highest BCUT2D eigenvalue weighted by Gasteiger charge is 2.20. The van der Waals surface area contributed by atoms with Gasteiger partial charge in [0.25, 0.3) is 0 Å². The Morgan fingerprint density at radius 3 is 2.62 bits per heavy atom. The standard InChI is InChI=1S/C13H16N2S/c1-13(14,10-12-15-7-8-16-12)9-11-5-3-2-4-6-11/h2-8H,9-10,14H2,1H3. The average molecular weight is 232 g/mol. The first kappa shape index (κ1) is 11.3. The van der Waals surface area contributed by atoms with Crippen molar-refractivity contribution in [2.45, 2.75) is 25.3 Å². The topological polar surface area (TPSA) is 38.9 Å². The van der Waals surface area contributed by atoms with E-state index in [-0.39, 0.29) is 5.54 Å². The minimum absolute atomic E-state index is 0.223. The van der Waals surface area contributed by atoms with Crippen molar-refractivity contribution in [3.8, 4) is 0 Å². The van der Waals surface area contributed by atoms with E-state index in [1.165, 1.54) is 5.56 Å². The highest BCUT2D eigenvalue weighted by atomic mass is 32.1. The Morgan fingerprint density at radius 1 is 1.25 bits per heavy atom. The predicted octanol–water partition coefficient (Wildman–Crippen LogP) is 2.65. The fraction of sp³-hybridized carbons (Fsp3) is 0.308. The second-order valence-corrected chi connectivity index (χ2v) is 5.40. The van der Waals surface area contributed by atoms with E-state index in [4.69, 9.17) is 5.73 Å². The van der Waals surface area contributed by atoms with Crippen LogP contribution in [0.2, 0.25) is 0 Å². The molecule has 0 spiro atoms. The van der Waals surface area contributed by atoms with E-state index in [0.717, 1.165) is 17.8 Å². The van der Waals surface area contributed by atoms with Crippen LogP contribution in [0.3, 0.4) is 0 Å². The number of benzene rings is 1. The van der Waals surface area contributed by atoms with Crippen LogP contribution in [0, 0.1) is 0 Å². The number of rotatable bonds is 4. The largest absolute Gasteiger partial charge is 0.325 e. The lowest BCUT2D eigenvalue weighted by Crippen LogP contribution is -2.40. The minimum atomic E-state index is -0.223. The van der Waals surface area contributed by atoms with E-state index in [9.17, 15) is 0 Å². The maximum Gasteiger partial charge on any atom is 0.0943 e. The summed E-state index contributed by atoms with van der Waals surface area (Å²) < 4.78 is 0. The molecule has 0 amide bonds. The quantitative estimate of drug-likeness (QED) is 0.880. The zero-order valence-corrected chi connectivity index (χ0v) is 10.2. The number of nitrogens with zero attached hydrogens (tertiary/aromatic N) is 1. The Balaban J connectivity index is 2.03. The van der Waals surface area contributed by atoms with Crippen LogP contribution in [0.4, 0.5) is 0 Å². The number of aromatic nitrogens is 1. The minimum Gasteiger partial charge on any atom is -0.325 e. The van der Waals surface area contributed by atoms with E-state index in [0.29, 0.717) is 0 Å². The van der Waals surface area contributed by atoms with Crippen molar-refractivity contribution in [1.29, 1.82) is 0 Å². The van der Waals surface area contributed by atoms with Crippen LogP contribution in [0.15, 0.2) is 41.9 Å². The van der Waals surface area contributed by atoms with E-state index in [2.05, 4.69) is 36.2 Å². The van der Waals surface area contributed by atoms with Gasteiger partial charge in [-0.1, -0.05) is 30.3 Å². The molecule has 84 valence electrons. The summed E-state index contributed by atoms with van der Waals surface area (Å²) in [6.45, 7) is 2.08. The fourth-order valence-corrected chi connectivity index (χ4v) is 2.62. The Bertz CT molecular complexity index is 420. The molecule has 0 saturated heterocycles. The lowest BCUT2D eigenvalue weighted by Gasteiger charge is -2.23. The third-order valence-corrected chi connectivity index (χ3v) is 3.27. The molecule has 2 nitrogen and oxygen atoms in total. The van der Waals surface area contributed by atoms with Gasteiger partial charge in [-0.3, -0.25) is 0 Å². The molecule has 0 aliphatic carbocycles. The third kappa shape index (κ3) is 3.15. The zero-order valence-electron chi connectivity index (χ0n) is 9.39. The maximum absolute atomic E-state index is 6.31. The maximum atomic E-state index is 6.31. The highest BCUT2D eigenvalue weighted by molar-refractivity contribution is 7.09. The number of nitrogens with two attached hydrogens (primary N) is 1. The summed E-state index contributed by atoms with van der Waals surface area (Å²) >= 11 is 1.67. The highest BCUT2D eigenvalue weighted by Crippen LogP contribution is 2.17. The molecule has 16 heavy (non-hydrogen) atoms. The molecule has 1 unspecified atom stereocenters. The van der Waals surface area contributed by atoms with Crippen LogP contribution in [0.5, 0.6) is 0 Å². The van der Waals surface area contributed by atoms with Crippen molar-refractivity contribution in [2.75, 3.05) is 0 Å². The molecule has 0 saturated carbocycles. The van der Waals surface area contributed by atoms with Crippen LogP contribution in [-0.2, 0) is 12.8 Å². The van der Waals surface area contributed by atoms with E-state index < -0.39 is 0 Å². The van der Waals surface area contributed by atoms with Crippen molar-refractivity contribution in [1.82, 2.24) is 4.98 Å². The van der Waals surface area contributed by atoms with E-state index in [1.54, 1.807) is 11.3 Å². The van der Waals surface area contributed by atoms with Crippen molar-refractivity contribution in [3.05, 3.63) is 52.5 Å². The SMILES string of the molecule is CC(N)(Cc1ccccc1)Cc1nccs1. The summed E-state index contributed by atoms with van der Waals surface area (Å²) in [7, 11) is 0. The van der Waals surface area contributed by atoms with Crippen molar-refractivity contribution < 1.29 is 0 Å². The number of hydrogen-bond acceptors (Lipinski definition) is 3. The lowest BCUT2D eigenvalue weighted by molar-refractivity contribution is 0.462. The van der Waals surface area contributed by atoms with Crippen molar-refractivity contribution >= 4 is 11.3 Å². The molecule has 0 fully saturated rings. The van der Waals surface area contributed by atoms with Gasteiger partial charge in [0.15, 0.2) is 0 Å². The smallest absolute Gasteiger partial charge is 0.0943 e. The second kappa shape index (κ2) is 4.76. The first-order valence-electron chi connectivity index (χ1n) is 5.37. The Hall–Kier alpha value is -1.19. The second-order valence-electron chi connectivity index (χ2n) is 4.42. The normalized spacial score (nSPS) is 14.6. The van der Waals surface area contributed by atoms with Crippen molar-refractivity contribution in [3.63, 3.8) is 0 Å². The van der Waals surface area contributed by atoms with Crippen LogP contribution in [-0.4, -0.2) is 10.5 Å². The first-order chi connectivity index (χ1) is 7.66. The molecule has 0 radical (unpaired) electrons. The van der Waals surface area contributed by atoms with Gasteiger partial charge in [-0.2, -0.15) is 0 Å². The summed E-state index contributed by atoms with van der Waals surface area (Å²) in [5, 5.41) is 3.11. The van der Waals surface area contributed by atoms with Crippen LogP contribution >= 0.6 is 11.3 Å². The van der Waals surface area contributed by atoms with Gasteiger partial charge in [0.2, 0.25) is 0 Å². The third-order valence-electron chi connectivity index (χ3n) is 2.49. The van der Waals surface area contributed by atoms with Crippen LogP contribution in [0.25, 0.3) is 0 Å². The molecule has 0 aliphatic rings. The zero-order chi connectivity index (χ0) is 11.4. The Labute approximate surface area is 100 Å². The molecular weight excluding hydrogens is 216 g/mol. The molecule has 0 bridgehead atoms. The molecule has 1 aromatic carbocycles. The predicted molar refractivity (Wildman–Crippen MR) is 68.6 cm³/mol. The van der Waals surface area contributed by atoms with Gasteiger partial charge in [-0.25, -0.2) is 4.98 Å². The van der Waals surface area contributed by atoms with Gasteiger partial charge in [0.05, 0.1) is 5.01 Å². The Kier molecular flexibility index (Phi) is 3.36. The summed E-state index contributed by atoms with van der Waals surface area (Å²) in [5.41, 5.74) is 7.37. The van der Waals surface area contributed by atoms with Gasteiger partial charge in [-0.15, -0.1) is 11.3 Å². The molecule has 1 atom stereocenters. The van der Waals surface area contributed by atoms with E-state index in [1.807, 2.05) is 17.6 Å². The van der Waals surface area contributed by atoms with Gasteiger partial charge in [-0.05, 0) is 18.9 Å². The summed E-state index contributed by atoms with van der Waals surface area (Å²) in [5.74, 6) is 0. The van der Waals surface area contributed by atoms with Crippen LogP contribution in [0.1, 0.15) is 17.5 Å². The molecule has 1 heterocycles. The summed E-state index contributed by atoms with van der Waals surface area (Å²) in [6, 6.07) is 10.4. The summed E-state index contributed by atoms with van der Waals surface area (Å²) in [6.07, 6.45) is 3.55. The molecule has 2 aromatic rings. The van der Waals surface area contributed by atoms with Gasteiger partial charge >= 0.3 is 0 Å². The average Bonchev–Trinajstić information content (AvgIpc) is 2.70. The van der Waals surface area contributed by atoms with Gasteiger partial charge in [0.1, 0.15) is 0 Å². The molecule has 2 N–H and O–H groups in total. The lowest BCUT2D eigenvalue weighted by atomic mass is 9.91. The number of hydrogen-bond donors (Lipinski definition) is 1. The molecule has 0 aliphatic heterocycles. The molecule has 1 aromatic heterocycles. The first-order valence-corrected chi connectivity index (χ1v) is 6.25. The fourth-order valence-electron chi connectivity index (χ4n) is 1.81. The monoisotopic (exact) mass is 232 g/mol. The molecule has 2 rings (SSSR count).